The summed E-state index contributed by atoms with van der Waals surface area (Å²) in [4.78, 5) is 30.5. The number of halogens is 1. The highest BCUT2D eigenvalue weighted by Crippen LogP contribution is 2.27. The van der Waals surface area contributed by atoms with Crippen LogP contribution in [0.15, 0.2) is 72.8 Å². The summed E-state index contributed by atoms with van der Waals surface area (Å²) in [5.74, 6) is 0.559. The number of tetrazole rings is 1. The van der Waals surface area contributed by atoms with Gasteiger partial charge >= 0.3 is 0 Å². The van der Waals surface area contributed by atoms with Gasteiger partial charge < -0.3 is 19.7 Å². The molecule has 1 N–H and O–H groups in total. The van der Waals surface area contributed by atoms with Gasteiger partial charge in [0.15, 0.2) is 0 Å². The van der Waals surface area contributed by atoms with Gasteiger partial charge in [-0.25, -0.2) is 4.39 Å². The Morgan fingerprint density at radius 2 is 1.57 bits per heavy atom. The SMILES string of the molecule is COc1ccc(CN(C(=O)Cn2nnc(-c3ccc(OC)cc3)n2)[C@H](C(=O)NC2CCCC2)c2ccc(F)cc2)cc1. The Labute approximate surface area is 243 Å². The van der Waals surface area contributed by atoms with Crippen molar-refractivity contribution in [1.82, 2.24) is 30.4 Å². The minimum absolute atomic E-state index is 0.0300. The van der Waals surface area contributed by atoms with Crippen molar-refractivity contribution >= 4 is 11.8 Å². The third-order valence-corrected chi connectivity index (χ3v) is 7.36. The Morgan fingerprint density at radius 3 is 2.19 bits per heavy atom. The van der Waals surface area contributed by atoms with Crippen LogP contribution in [-0.2, 0) is 22.7 Å². The molecule has 11 heteroatoms. The summed E-state index contributed by atoms with van der Waals surface area (Å²) in [5, 5.41) is 15.7. The van der Waals surface area contributed by atoms with E-state index >= 15 is 0 Å². The molecule has 0 saturated heterocycles. The molecule has 218 valence electrons. The summed E-state index contributed by atoms with van der Waals surface area (Å²) in [5.41, 5.74) is 2.00. The lowest BCUT2D eigenvalue weighted by Crippen LogP contribution is -2.46. The van der Waals surface area contributed by atoms with Crippen LogP contribution in [0.5, 0.6) is 11.5 Å². The Balaban J connectivity index is 1.46. The van der Waals surface area contributed by atoms with Gasteiger partial charge in [0.05, 0.1) is 14.2 Å². The van der Waals surface area contributed by atoms with Crippen molar-refractivity contribution in [3.63, 3.8) is 0 Å². The van der Waals surface area contributed by atoms with Crippen molar-refractivity contribution in [2.75, 3.05) is 14.2 Å². The molecule has 1 aliphatic rings. The van der Waals surface area contributed by atoms with Crippen molar-refractivity contribution in [3.8, 4) is 22.9 Å². The number of nitrogens with zero attached hydrogens (tertiary/aromatic N) is 5. The summed E-state index contributed by atoms with van der Waals surface area (Å²) < 4.78 is 24.4. The van der Waals surface area contributed by atoms with E-state index in [0.717, 1.165) is 31.2 Å². The first-order valence-corrected chi connectivity index (χ1v) is 13.8. The van der Waals surface area contributed by atoms with E-state index in [1.807, 2.05) is 12.1 Å². The van der Waals surface area contributed by atoms with Crippen LogP contribution in [0.3, 0.4) is 0 Å². The van der Waals surface area contributed by atoms with Crippen molar-refractivity contribution < 1.29 is 23.5 Å². The Kier molecular flexibility index (Phi) is 9.05. The average Bonchev–Trinajstić information content (AvgIpc) is 3.70. The van der Waals surface area contributed by atoms with Crippen LogP contribution in [0.1, 0.15) is 42.9 Å². The molecule has 0 aliphatic heterocycles. The maximum Gasteiger partial charge on any atom is 0.247 e. The second-order valence-electron chi connectivity index (χ2n) is 10.2. The number of carbonyl (C=O) groups is 2. The number of methoxy groups -OCH3 is 2. The molecule has 0 radical (unpaired) electrons. The first-order valence-electron chi connectivity index (χ1n) is 13.8. The molecule has 1 aromatic heterocycles. The molecule has 0 bridgehead atoms. The molecule has 42 heavy (non-hydrogen) atoms. The number of hydrogen-bond donors (Lipinski definition) is 1. The first-order chi connectivity index (χ1) is 20.4. The molecule has 1 atom stereocenters. The standard InChI is InChI=1S/C31H33FN6O4/c1-41-26-15-7-21(8-16-26)19-37(28(39)20-38-35-30(34-36-38)23-11-17-27(42-2)18-12-23)29(22-9-13-24(32)14-10-22)31(40)33-25-5-3-4-6-25/h7-18,25,29H,3-6,19-20H2,1-2H3,(H,33,40)/t29-/m0/s1. The van der Waals surface area contributed by atoms with Crippen LogP contribution in [-0.4, -0.2) is 57.2 Å². The largest absolute Gasteiger partial charge is 0.497 e. The van der Waals surface area contributed by atoms with Gasteiger partial charge in [-0.05, 0) is 77.7 Å². The fraction of sp³-hybridized carbons (Fsp3) is 0.323. The number of carbonyl (C=O) groups excluding carboxylic acids is 2. The number of benzene rings is 3. The lowest BCUT2D eigenvalue weighted by molar-refractivity contribution is -0.142. The summed E-state index contributed by atoms with van der Waals surface area (Å²) in [7, 11) is 3.16. The maximum absolute atomic E-state index is 14.0. The van der Waals surface area contributed by atoms with Crippen molar-refractivity contribution in [1.29, 1.82) is 0 Å². The van der Waals surface area contributed by atoms with Crippen LogP contribution in [0.2, 0.25) is 0 Å². The summed E-state index contributed by atoms with van der Waals surface area (Å²) in [6, 6.07) is 19.1. The topological polar surface area (TPSA) is 111 Å². The predicted octanol–water partition coefficient (Wildman–Crippen LogP) is 4.33. The van der Waals surface area contributed by atoms with Crippen LogP contribution in [0.25, 0.3) is 11.4 Å². The molecule has 1 fully saturated rings. The number of aromatic nitrogens is 4. The highest BCUT2D eigenvalue weighted by Gasteiger charge is 2.34. The van der Waals surface area contributed by atoms with Gasteiger partial charge in [-0.2, -0.15) is 4.80 Å². The Bertz CT molecular complexity index is 1490. The van der Waals surface area contributed by atoms with E-state index in [1.54, 1.807) is 50.6 Å². The minimum Gasteiger partial charge on any atom is -0.497 e. The number of nitrogens with one attached hydrogen (secondary N) is 1. The van der Waals surface area contributed by atoms with Crippen molar-refractivity contribution in [2.24, 2.45) is 0 Å². The molecule has 1 saturated carbocycles. The molecule has 1 aliphatic carbocycles. The number of rotatable bonds is 11. The maximum atomic E-state index is 14.0. The Morgan fingerprint density at radius 1 is 0.952 bits per heavy atom. The van der Waals surface area contributed by atoms with E-state index in [4.69, 9.17) is 9.47 Å². The average molecular weight is 573 g/mol. The van der Waals surface area contributed by atoms with Gasteiger partial charge in [-0.3, -0.25) is 9.59 Å². The van der Waals surface area contributed by atoms with Crippen LogP contribution >= 0.6 is 0 Å². The zero-order valence-corrected chi connectivity index (χ0v) is 23.6. The summed E-state index contributed by atoms with van der Waals surface area (Å²) >= 11 is 0. The van der Waals surface area contributed by atoms with Gasteiger partial charge in [0, 0.05) is 18.2 Å². The third-order valence-electron chi connectivity index (χ3n) is 7.36. The molecule has 2 amide bonds. The van der Waals surface area contributed by atoms with Crippen LogP contribution < -0.4 is 14.8 Å². The highest BCUT2D eigenvalue weighted by atomic mass is 19.1. The van der Waals surface area contributed by atoms with Gasteiger partial charge in [-0.15, -0.1) is 10.2 Å². The summed E-state index contributed by atoms with van der Waals surface area (Å²) in [6.07, 6.45) is 3.83. The van der Waals surface area contributed by atoms with E-state index in [2.05, 4.69) is 20.7 Å². The smallest absolute Gasteiger partial charge is 0.247 e. The quantitative estimate of drug-likeness (QED) is 0.285. The van der Waals surface area contributed by atoms with Gasteiger partial charge in [0.2, 0.25) is 17.6 Å². The van der Waals surface area contributed by atoms with Crippen molar-refractivity contribution in [3.05, 3.63) is 89.7 Å². The lowest BCUT2D eigenvalue weighted by Gasteiger charge is -2.32. The molecule has 0 unspecified atom stereocenters. The Hall–Kier alpha value is -4.80. The molecule has 3 aromatic carbocycles. The van der Waals surface area contributed by atoms with Gasteiger partial charge in [-0.1, -0.05) is 37.1 Å². The second-order valence-corrected chi connectivity index (χ2v) is 10.2. The van der Waals surface area contributed by atoms with Gasteiger partial charge in [0.1, 0.15) is 29.9 Å². The molecular formula is C31H33FN6O4. The lowest BCUT2D eigenvalue weighted by atomic mass is 10.0. The van der Waals surface area contributed by atoms with E-state index in [9.17, 15) is 14.0 Å². The van der Waals surface area contributed by atoms with E-state index in [-0.39, 0.29) is 25.0 Å². The predicted molar refractivity (Wildman–Crippen MR) is 153 cm³/mol. The number of ether oxygens (including phenoxy) is 2. The molecule has 10 nitrogen and oxygen atoms in total. The normalized spacial score (nSPS) is 13.9. The minimum atomic E-state index is -1.01. The third kappa shape index (κ3) is 6.91. The number of hydrogen-bond acceptors (Lipinski definition) is 7. The first kappa shape index (κ1) is 28.7. The van der Waals surface area contributed by atoms with Crippen LogP contribution in [0, 0.1) is 5.82 Å². The van der Waals surface area contributed by atoms with Crippen molar-refractivity contribution in [2.45, 2.75) is 50.9 Å². The monoisotopic (exact) mass is 572 g/mol. The fourth-order valence-corrected chi connectivity index (χ4v) is 5.10. The molecular weight excluding hydrogens is 539 g/mol. The zero-order chi connectivity index (χ0) is 29.5. The molecule has 1 heterocycles. The van der Waals surface area contributed by atoms with E-state index in [0.29, 0.717) is 28.5 Å². The molecule has 4 aromatic rings. The summed E-state index contributed by atoms with van der Waals surface area (Å²) in [6.45, 7) is -0.142. The van der Waals surface area contributed by atoms with Gasteiger partial charge in [0.25, 0.3) is 0 Å². The molecule has 0 spiro atoms. The fourth-order valence-electron chi connectivity index (χ4n) is 5.10. The van der Waals surface area contributed by atoms with E-state index < -0.39 is 17.8 Å². The highest BCUT2D eigenvalue weighted by molar-refractivity contribution is 5.89. The van der Waals surface area contributed by atoms with E-state index in [1.165, 1.54) is 34.0 Å². The zero-order valence-electron chi connectivity index (χ0n) is 23.6. The van der Waals surface area contributed by atoms with Crippen LogP contribution in [0.4, 0.5) is 4.39 Å². The second kappa shape index (κ2) is 13.2. The molecule has 5 rings (SSSR count). The number of amides is 2.